The second-order valence-corrected chi connectivity index (χ2v) is 3.01. The summed E-state index contributed by atoms with van der Waals surface area (Å²) in [6, 6.07) is 0. The van der Waals surface area contributed by atoms with Crippen molar-refractivity contribution in [3.05, 3.63) is 0 Å². The molecule has 10 heavy (non-hydrogen) atoms. The maximum atomic E-state index is 5.54. The lowest BCUT2D eigenvalue weighted by atomic mass is 9.99. The molecule has 0 aromatic rings. The molecule has 0 aromatic carbocycles. The number of hydrogen-bond donors (Lipinski definition) is 1. The van der Waals surface area contributed by atoms with E-state index in [2.05, 4.69) is 11.9 Å². The molecule has 1 aliphatic heterocycles. The summed E-state index contributed by atoms with van der Waals surface area (Å²) in [4.78, 5) is 2.36. The van der Waals surface area contributed by atoms with Crippen molar-refractivity contribution < 1.29 is 0 Å². The second kappa shape index (κ2) is 4.99. The second-order valence-electron chi connectivity index (χ2n) is 3.01. The van der Waals surface area contributed by atoms with E-state index in [0.29, 0.717) is 0 Å². The average molecular weight is 162 g/mol. The molecular formula is C7H18N2S. The fourth-order valence-corrected chi connectivity index (χ4v) is 1.47. The Morgan fingerprint density at radius 1 is 1.60 bits per heavy atom. The third-order valence-electron chi connectivity index (χ3n) is 2.06. The van der Waals surface area contributed by atoms with Gasteiger partial charge < -0.3 is 10.6 Å². The number of piperidine rings is 1. The summed E-state index contributed by atoms with van der Waals surface area (Å²) in [7, 11) is 2.17. The van der Waals surface area contributed by atoms with Gasteiger partial charge in [0.05, 0.1) is 0 Å². The maximum absolute atomic E-state index is 5.54. The van der Waals surface area contributed by atoms with Gasteiger partial charge in [-0.05, 0) is 38.9 Å². The van der Waals surface area contributed by atoms with Crippen molar-refractivity contribution in [3.63, 3.8) is 0 Å². The molecule has 1 saturated heterocycles. The largest absolute Gasteiger partial charge is 0.330 e. The first kappa shape index (κ1) is 10.3. The molecule has 0 aliphatic carbocycles. The number of hydrogen-bond acceptors (Lipinski definition) is 2. The third kappa shape index (κ3) is 2.90. The minimum Gasteiger partial charge on any atom is -0.330 e. The van der Waals surface area contributed by atoms with Crippen molar-refractivity contribution in [2.75, 3.05) is 26.7 Å². The summed E-state index contributed by atoms with van der Waals surface area (Å²) in [5, 5.41) is 0. The van der Waals surface area contributed by atoms with Gasteiger partial charge >= 0.3 is 0 Å². The summed E-state index contributed by atoms with van der Waals surface area (Å²) in [6.45, 7) is 3.33. The van der Waals surface area contributed by atoms with Crippen LogP contribution < -0.4 is 5.73 Å². The number of nitrogens with zero attached hydrogens (tertiary/aromatic N) is 1. The highest BCUT2D eigenvalue weighted by atomic mass is 32.1. The quantitative estimate of drug-likeness (QED) is 0.605. The van der Waals surface area contributed by atoms with Crippen LogP contribution in [0, 0.1) is 5.92 Å². The van der Waals surface area contributed by atoms with E-state index in [1.165, 1.54) is 25.9 Å². The van der Waals surface area contributed by atoms with Gasteiger partial charge in [0.2, 0.25) is 0 Å². The van der Waals surface area contributed by atoms with Crippen LogP contribution in [0.15, 0.2) is 0 Å². The zero-order valence-electron chi connectivity index (χ0n) is 6.64. The molecule has 0 spiro atoms. The van der Waals surface area contributed by atoms with E-state index in [4.69, 9.17) is 5.73 Å². The van der Waals surface area contributed by atoms with Crippen LogP contribution in [0.1, 0.15) is 12.8 Å². The highest BCUT2D eigenvalue weighted by Crippen LogP contribution is 2.12. The van der Waals surface area contributed by atoms with Crippen molar-refractivity contribution in [3.8, 4) is 0 Å². The fourth-order valence-electron chi connectivity index (χ4n) is 1.47. The van der Waals surface area contributed by atoms with Crippen LogP contribution in [0.2, 0.25) is 0 Å². The third-order valence-corrected chi connectivity index (χ3v) is 2.06. The van der Waals surface area contributed by atoms with Gasteiger partial charge in [-0.15, -0.1) is 0 Å². The van der Waals surface area contributed by atoms with Crippen molar-refractivity contribution in [2.45, 2.75) is 12.8 Å². The van der Waals surface area contributed by atoms with Crippen LogP contribution >= 0.6 is 13.5 Å². The van der Waals surface area contributed by atoms with Crippen LogP contribution in [0.25, 0.3) is 0 Å². The van der Waals surface area contributed by atoms with Gasteiger partial charge in [-0.2, -0.15) is 13.5 Å². The molecule has 2 nitrogen and oxygen atoms in total. The molecule has 62 valence electrons. The van der Waals surface area contributed by atoms with E-state index in [9.17, 15) is 0 Å². The molecule has 0 amide bonds. The molecular weight excluding hydrogens is 144 g/mol. The molecule has 0 saturated carbocycles. The molecule has 0 aromatic heterocycles. The molecule has 1 rings (SSSR count). The first-order chi connectivity index (χ1) is 4.33. The molecule has 1 fully saturated rings. The van der Waals surface area contributed by atoms with Crippen LogP contribution in [-0.2, 0) is 0 Å². The Bertz CT molecular complexity index is 87.7. The van der Waals surface area contributed by atoms with Gasteiger partial charge in [0, 0.05) is 6.54 Å². The van der Waals surface area contributed by atoms with Gasteiger partial charge in [-0.3, -0.25) is 0 Å². The van der Waals surface area contributed by atoms with E-state index in [1.807, 2.05) is 0 Å². The van der Waals surface area contributed by atoms with Gasteiger partial charge in [0.15, 0.2) is 0 Å². The first-order valence-electron chi connectivity index (χ1n) is 3.71. The SMILES string of the molecule is CN1CCC[C@@H](CN)C1.S. The Morgan fingerprint density at radius 2 is 2.30 bits per heavy atom. The Labute approximate surface area is 70.2 Å². The molecule has 2 N–H and O–H groups in total. The Hall–Kier alpha value is 0.270. The lowest BCUT2D eigenvalue weighted by Gasteiger charge is -2.28. The first-order valence-corrected chi connectivity index (χ1v) is 3.71. The standard InChI is InChI=1S/C7H16N2.H2S/c1-9-4-2-3-7(5-8)6-9;/h7H,2-6,8H2,1H3;1H2/t7-;/m0./s1. The van der Waals surface area contributed by atoms with E-state index >= 15 is 0 Å². The highest BCUT2D eigenvalue weighted by molar-refractivity contribution is 7.59. The normalized spacial score (nSPS) is 27.6. The summed E-state index contributed by atoms with van der Waals surface area (Å²) in [5.41, 5.74) is 5.54. The Kier molecular flexibility index (Phi) is 5.13. The van der Waals surface area contributed by atoms with Crippen molar-refractivity contribution >= 4 is 13.5 Å². The minimum atomic E-state index is 0. The minimum absolute atomic E-state index is 0. The van der Waals surface area contributed by atoms with Gasteiger partial charge in [-0.25, -0.2) is 0 Å². The maximum Gasteiger partial charge on any atom is 0.00187 e. The molecule has 0 unspecified atom stereocenters. The molecule has 1 aliphatic rings. The molecule has 0 bridgehead atoms. The summed E-state index contributed by atoms with van der Waals surface area (Å²) in [6.07, 6.45) is 2.67. The summed E-state index contributed by atoms with van der Waals surface area (Å²) in [5.74, 6) is 0.767. The van der Waals surface area contributed by atoms with Crippen LogP contribution in [0.5, 0.6) is 0 Å². The smallest absolute Gasteiger partial charge is 0.00187 e. The van der Waals surface area contributed by atoms with Crippen LogP contribution in [0.4, 0.5) is 0 Å². The molecule has 1 atom stereocenters. The lowest BCUT2D eigenvalue weighted by Crippen LogP contribution is -2.35. The average Bonchev–Trinajstić information content (AvgIpc) is 1.88. The van der Waals surface area contributed by atoms with Gasteiger partial charge in [-0.1, -0.05) is 0 Å². The summed E-state index contributed by atoms with van der Waals surface area (Å²) >= 11 is 0. The van der Waals surface area contributed by atoms with Crippen molar-refractivity contribution in [1.29, 1.82) is 0 Å². The van der Waals surface area contributed by atoms with E-state index in [-0.39, 0.29) is 13.5 Å². The predicted molar refractivity (Wildman–Crippen MR) is 49.7 cm³/mol. The predicted octanol–water partition coefficient (Wildman–Crippen LogP) is 0.400. The van der Waals surface area contributed by atoms with Gasteiger partial charge in [0.1, 0.15) is 0 Å². The number of rotatable bonds is 1. The Balaban J connectivity index is 0.000000810. The lowest BCUT2D eigenvalue weighted by molar-refractivity contribution is 0.214. The van der Waals surface area contributed by atoms with E-state index in [0.717, 1.165) is 12.5 Å². The van der Waals surface area contributed by atoms with E-state index in [1.54, 1.807) is 0 Å². The van der Waals surface area contributed by atoms with Crippen LogP contribution in [0.3, 0.4) is 0 Å². The highest BCUT2D eigenvalue weighted by Gasteiger charge is 2.14. The molecule has 1 heterocycles. The summed E-state index contributed by atoms with van der Waals surface area (Å²) < 4.78 is 0. The monoisotopic (exact) mass is 162 g/mol. The number of likely N-dealkylation sites (tertiary alicyclic amines) is 1. The molecule has 0 radical (unpaired) electrons. The topological polar surface area (TPSA) is 29.3 Å². The van der Waals surface area contributed by atoms with Crippen molar-refractivity contribution in [1.82, 2.24) is 4.90 Å². The fraction of sp³-hybridized carbons (Fsp3) is 1.00. The molecule has 3 heteroatoms. The van der Waals surface area contributed by atoms with Crippen LogP contribution in [-0.4, -0.2) is 31.6 Å². The zero-order valence-corrected chi connectivity index (χ0v) is 7.64. The van der Waals surface area contributed by atoms with Crippen molar-refractivity contribution in [2.24, 2.45) is 11.7 Å². The zero-order chi connectivity index (χ0) is 6.69. The van der Waals surface area contributed by atoms with Gasteiger partial charge in [0.25, 0.3) is 0 Å². The number of nitrogens with two attached hydrogens (primary N) is 1. The Morgan fingerprint density at radius 3 is 2.70 bits per heavy atom. The van der Waals surface area contributed by atoms with E-state index < -0.39 is 0 Å².